The van der Waals surface area contributed by atoms with Crippen LogP contribution in [0.15, 0.2) is 24.7 Å². The third kappa shape index (κ3) is 4.56. The normalized spacial score (nSPS) is 15.1. The minimum atomic E-state index is 0. The van der Waals surface area contributed by atoms with Gasteiger partial charge >= 0.3 is 0 Å². The number of rotatable bonds is 4. The fourth-order valence-corrected chi connectivity index (χ4v) is 2.91. The number of likely N-dealkylation sites (tertiary alicyclic amines) is 1. The first-order valence-electron chi connectivity index (χ1n) is 7.51. The molecule has 128 valence electrons. The molecule has 8 heteroatoms. The number of hydrogen-bond acceptors (Lipinski definition) is 4. The van der Waals surface area contributed by atoms with Crippen LogP contribution in [0, 0.1) is 5.92 Å². The van der Waals surface area contributed by atoms with E-state index in [1.165, 1.54) is 6.42 Å². The van der Waals surface area contributed by atoms with E-state index >= 15 is 0 Å². The molecular formula is C15H23Cl2N5O. The molecule has 2 aromatic heterocycles. The monoisotopic (exact) mass is 359 g/mol. The van der Waals surface area contributed by atoms with E-state index in [-0.39, 0.29) is 30.7 Å². The molecule has 1 fully saturated rings. The molecule has 6 nitrogen and oxygen atoms in total. The summed E-state index contributed by atoms with van der Waals surface area (Å²) in [6.45, 7) is 2.77. The Morgan fingerprint density at radius 3 is 2.74 bits per heavy atom. The van der Waals surface area contributed by atoms with Gasteiger partial charge in [0.25, 0.3) is 5.91 Å². The van der Waals surface area contributed by atoms with E-state index in [1.54, 1.807) is 10.7 Å². The molecule has 1 amide bonds. The number of halogens is 2. The van der Waals surface area contributed by atoms with Crippen LogP contribution in [0.5, 0.6) is 0 Å². The molecule has 23 heavy (non-hydrogen) atoms. The van der Waals surface area contributed by atoms with Crippen molar-refractivity contribution in [2.75, 3.05) is 26.7 Å². The summed E-state index contributed by atoms with van der Waals surface area (Å²) in [7, 11) is 1.99. The number of amides is 1. The quantitative estimate of drug-likeness (QED) is 0.906. The van der Waals surface area contributed by atoms with Crippen molar-refractivity contribution in [3.63, 3.8) is 0 Å². The van der Waals surface area contributed by atoms with Gasteiger partial charge in [0.05, 0.1) is 5.56 Å². The number of nitrogens with zero attached hydrogens (tertiary/aromatic N) is 4. The predicted octanol–water partition coefficient (Wildman–Crippen LogP) is 2.03. The van der Waals surface area contributed by atoms with Crippen LogP contribution in [0.4, 0.5) is 0 Å². The summed E-state index contributed by atoms with van der Waals surface area (Å²) in [4.78, 5) is 14.5. The van der Waals surface area contributed by atoms with Gasteiger partial charge in [-0.05, 0) is 50.9 Å². The Bertz CT molecular complexity index is 625. The number of carbonyl (C=O) groups is 1. The number of hydrogen-bond donors (Lipinski definition) is 1. The number of pyridine rings is 1. The second kappa shape index (κ2) is 9.05. The lowest BCUT2D eigenvalue weighted by atomic mass is 9.93. The molecule has 0 saturated carbocycles. The van der Waals surface area contributed by atoms with Crippen molar-refractivity contribution in [1.29, 1.82) is 0 Å². The highest BCUT2D eigenvalue weighted by Crippen LogP contribution is 2.21. The van der Waals surface area contributed by atoms with Crippen LogP contribution in [0.2, 0.25) is 0 Å². The molecule has 3 rings (SSSR count). The summed E-state index contributed by atoms with van der Waals surface area (Å²) in [6, 6.07) is 3.67. The zero-order valence-electron chi connectivity index (χ0n) is 13.1. The maximum Gasteiger partial charge on any atom is 0.255 e. The van der Waals surface area contributed by atoms with Gasteiger partial charge in [-0.15, -0.1) is 35.0 Å². The van der Waals surface area contributed by atoms with E-state index in [9.17, 15) is 4.79 Å². The highest BCUT2D eigenvalue weighted by molar-refractivity contribution is 5.94. The number of piperidine rings is 1. The molecule has 0 spiro atoms. The van der Waals surface area contributed by atoms with Crippen LogP contribution in [0.3, 0.4) is 0 Å². The summed E-state index contributed by atoms with van der Waals surface area (Å²) in [5.41, 5.74) is 1.47. The van der Waals surface area contributed by atoms with Crippen LogP contribution in [-0.2, 0) is 0 Å². The molecule has 1 N–H and O–H groups in total. The van der Waals surface area contributed by atoms with Crippen LogP contribution in [0.25, 0.3) is 5.65 Å². The highest BCUT2D eigenvalue weighted by Gasteiger charge is 2.23. The van der Waals surface area contributed by atoms with E-state index in [2.05, 4.69) is 15.5 Å². The lowest BCUT2D eigenvalue weighted by Gasteiger charge is -2.32. The zero-order valence-corrected chi connectivity index (χ0v) is 14.8. The average Bonchev–Trinajstić information content (AvgIpc) is 3.00. The minimum absolute atomic E-state index is 0. The van der Waals surface area contributed by atoms with Gasteiger partial charge in [0.1, 0.15) is 6.33 Å². The standard InChI is InChI=1S/C15H21N5O.2ClH/c1-16-7-4-12-5-8-19(9-6-12)15(21)13-2-3-14-18-17-11-20(14)10-13;;/h2-3,10-12,16H,4-9H2,1H3;2*1H. The molecule has 0 aliphatic carbocycles. The van der Waals surface area contributed by atoms with Crippen molar-refractivity contribution in [1.82, 2.24) is 24.8 Å². The summed E-state index contributed by atoms with van der Waals surface area (Å²) in [6.07, 6.45) is 6.83. The van der Waals surface area contributed by atoms with Crippen molar-refractivity contribution in [3.8, 4) is 0 Å². The number of fused-ring (bicyclic) bond motifs is 1. The number of nitrogens with one attached hydrogen (secondary N) is 1. The fraction of sp³-hybridized carbons (Fsp3) is 0.533. The summed E-state index contributed by atoms with van der Waals surface area (Å²) < 4.78 is 1.78. The largest absolute Gasteiger partial charge is 0.339 e. The Kier molecular flexibility index (Phi) is 7.75. The molecule has 0 atom stereocenters. The summed E-state index contributed by atoms with van der Waals surface area (Å²) in [5.74, 6) is 0.847. The van der Waals surface area contributed by atoms with Crippen molar-refractivity contribution >= 4 is 36.4 Å². The van der Waals surface area contributed by atoms with Gasteiger partial charge in [0, 0.05) is 19.3 Å². The lowest BCUT2D eigenvalue weighted by molar-refractivity contribution is 0.0686. The van der Waals surface area contributed by atoms with E-state index in [1.807, 2.05) is 30.3 Å². The topological polar surface area (TPSA) is 62.5 Å². The molecular weight excluding hydrogens is 337 g/mol. The third-order valence-corrected chi connectivity index (χ3v) is 4.24. The molecule has 0 unspecified atom stereocenters. The predicted molar refractivity (Wildman–Crippen MR) is 94.7 cm³/mol. The summed E-state index contributed by atoms with van der Waals surface area (Å²) >= 11 is 0. The van der Waals surface area contributed by atoms with Gasteiger partial charge in [-0.25, -0.2) is 0 Å². The first-order valence-corrected chi connectivity index (χ1v) is 7.51. The van der Waals surface area contributed by atoms with Crippen LogP contribution in [0.1, 0.15) is 29.6 Å². The van der Waals surface area contributed by atoms with Gasteiger partial charge in [-0.3, -0.25) is 9.20 Å². The van der Waals surface area contributed by atoms with Gasteiger partial charge in [0.2, 0.25) is 0 Å². The molecule has 0 aromatic carbocycles. The average molecular weight is 360 g/mol. The Balaban J connectivity index is 0.00000132. The summed E-state index contributed by atoms with van der Waals surface area (Å²) in [5, 5.41) is 11.0. The van der Waals surface area contributed by atoms with Crippen molar-refractivity contribution < 1.29 is 4.79 Å². The van der Waals surface area contributed by atoms with Gasteiger partial charge < -0.3 is 10.2 Å². The van der Waals surface area contributed by atoms with Crippen molar-refractivity contribution in [2.45, 2.75) is 19.3 Å². The highest BCUT2D eigenvalue weighted by atomic mass is 35.5. The maximum atomic E-state index is 12.5. The van der Waals surface area contributed by atoms with Crippen molar-refractivity contribution in [2.24, 2.45) is 5.92 Å². The molecule has 2 aromatic rings. The van der Waals surface area contributed by atoms with Gasteiger partial charge in [0.15, 0.2) is 5.65 Å². The lowest BCUT2D eigenvalue weighted by Crippen LogP contribution is -2.39. The second-order valence-electron chi connectivity index (χ2n) is 5.64. The molecule has 1 aliphatic rings. The minimum Gasteiger partial charge on any atom is -0.339 e. The van der Waals surface area contributed by atoms with Gasteiger partial charge in [-0.1, -0.05) is 0 Å². The Labute approximate surface area is 148 Å². The molecule has 3 heterocycles. The van der Waals surface area contributed by atoms with Crippen molar-refractivity contribution in [3.05, 3.63) is 30.2 Å². The van der Waals surface area contributed by atoms with Crippen LogP contribution in [-0.4, -0.2) is 52.1 Å². The number of aromatic nitrogens is 3. The SMILES string of the molecule is CNCCC1CCN(C(=O)c2ccc3nncn3c2)CC1.Cl.Cl. The van der Waals surface area contributed by atoms with Crippen LogP contribution >= 0.6 is 24.8 Å². The van der Waals surface area contributed by atoms with Crippen LogP contribution < -0.4 is 5.32 Å². The first-order chi connectivity index (χ1) is 10.3. The fourth-order valence-electron chi connectivity index (χ4n) is 2.91. The third-order valence-electron chi connectivity index (χ3n) is 4.24. The molecule has 0 bridgehead atoms. The zero-order chi connectivity index (χ0) is 14.7. The van der Waals surface area contributed by atoms with E-state index in [0.29, 0.717) is 5.56 Å². The second-order valence-corrected chi connectivity index (χ2v) is 5.64. The first kappa shape index (κ1) is 19.7. The smallest absolute Gasteiger partial charge is 0.255 e. The van der Waals surface area contributed by atoms with E-state index in [4.69, 9.17) is 0 Å². The van der Waals surface area contributed by atoms with Gasteiger partial charge in [-0.2, -0.15) is 0 Å². The van der Waals surface area contributed by atoms with E-state index < -0.39 is 0 Å². The maximum absolute atomic E-state index is 12.5. The molecule has 1 aliphatic heterocycles. The van der Waals surface area contributed by atoms with E-state index in [0.717, 1.165) is 44.0 Å². The Hall–Kier alpha value is -1.37. The Morgan fingerprint density at radius 1 is 1.30 bits per heavy atom. The number of carbonyl (C=O) groups excluding carboxylic acids is 1. The molecule has 0 radical (unpaired) electrons. The Morgan fingerprint density at radius 2 is 2.04 bits per heavy atom. The molecule has 1 saturated heterocycles.